The molecule has 0 aliphatic rings. The van der Waals surface area contributed by atoms with E-state index in [0.717, 1.165) is 5.56 Å². The highest BCUT2D eigenvalue weighted by atomic mass is 16.5. The third-order valence-corrected chi connectivity index (χ3v) is 2.69. The van der Waals surface area contributed by atoms with E-state index in [1.165, 1.54) is 6.08 Å². The summed E-state index contributed by atoms with van der Waals surface area (Å²) in [6, 6.07) is 14.7. The Morgan fingerprint density at radius 2 is 1.81 bits per heavy atom. The molecule has 0 N–H and O–H groups in total. The third-order valence-electron chi connectivity index (χ3n) is 2.69. The number of hydrogen-bond donors (Lipinski definition) is 0. The van der Waals surface area contributed by atoms with Crippen molar-refractivity contribution in [1.82, 2.24) is 4.98 Å². The van der Waals surface area contributed by atoms with Crippen LogP contribution in [0.5, 0.6) is 0 Å². The predicted molar refractivity (Wildman–Crippen MR) is 79.1 cm³/mol. The molecule has 0 amide bonds. The Hall–Kier alpha value is -2.75. The van der Waals surface area contributed by atoms with Gasteiger partial charge in [-0.1, -0.05) is 36.4 Å². The van der Waals surface area contributed by atoms with E-state index in [2.05, 4.69) is 4.98 Å². The van der Waals surface area contributed by atoms with Crippen LogP contribution in [0.2, 0.25) is 0 Å². The molecule has 2 rings (SSSR count). The first kappa shape index (κ1) is 14.7. The Labute approximate surface area is 123 Å². The lowest BCUT2D eigenvalue weighted by atomic mass is 10.2. The smallest absolute Gasteiger partial charge is 0.314 e. The first-order valence-corrected chi connectivity index (χ1v) is 6.55. The van der Waals surface area contributed by atoms with Crippen LogP contribution in [0, 0.1) is 0 Å². The normalized spacial score (nSPS) is 10.5. The second-order valence-corrected chi connectivity index (χ2v) is 4.38. The highest BCUT2D eigenvalue weighted by molar-refractivity contribution is 6.03. The zero-order valence-corrected chi connectivity index (χ0v) is 11.4. The molecule has 0 radical (unpaired) electrons. The van der Waals surface area contributed by atoms with Crippen molar-refractivity contribution in [3.8, 4) is 0 Å². The molecule has 1 aromatic carbocycles. The number of benzene rings is 1. The van der Waals surface area contributed by atoms with Crippen molar-refractivity contribution in [2.75, 3.05) is 0 Å². The van der Waals surface area contributed by atoms with E-state index in [-0.39, 0.29) is 18.8 Å². The standard InChI is InChI=1S/C17H15NO3/c19-16(10-9-15-8-4-5-11-18-15)12-17(20)21-13-14-6-2-1-3-7-14/h1-11H,12-13H2. The Morgan fingerprint density at radius 1 is 1.05 bits per heavy atom. The number of esters is 1. The number of carbonyl (C=O) groups is 2. The zero-order chi connectivity index (χ0) is 14.9. The minimum atomic E-state index is -0.533. The van der Waals surface area contributed by atoms with Crippen LogP contribution in [0.1, 0.15) is 17.7 Å². The van der Waals surface area contributed by atoms with Crippen LogP contribution in [0.4, 0.5) is 0 Å². The first-order chi connectivity index (χ1) is 10.2. The summed E-state index contributed by atoms with van der Waals surface area (Å²) in [6.45, 7) is 0.177. The third kappa shape index (κ3) is 5.40. The fraction of sp³-hybridized carbons (Fsp3) is 0.118. The summed E-state index contributed by atoms with van der Waals surface area (Å²) in [6.07, 6.45) is 4.29. The van der Waals surface area contributed by atoms with Gasteiger partial charge in [0, 0.05) is 6.20 Å². The highest BCUT2D eigenvalue weighted by Gasteiger charge is 2.08. The molecule has 0 aliphatic carbocycles. The highest BCUT2D eigenvalue weighted by Crippen LogP contribution is 2.03. The minimum absolute atomic E-state index is 0.177. The van der Waals surface area contributed by atoms with Crippen LogP contribution in [-0.4, -0.2) is 16.7 Å². The van der Waals surface area contributed by atoms with Crippen molar-refractivity contribution in [2.24, 2.45) is 0 Å². The van der Waals surface area contributed by atoms with Gasteiger partial charge < -0.3 is 4.74 Å². The van der Waals surface area contributed by atoms with Crippen LogP contribution in [0.15, 0.2) is 60.8 Å². The Bertz CT molecular complexity index is 621. The van der Waals surface area contributed by atoms with E-state index >= 15 is 0 Å². The number of allylic oxidation sites excluding steroid dienone is 1. The van der Waals surface area contributed by atoms with Gasteiger partial charge in [0.15, 0.2) is 5.78 Å². The van der Waals surface area contributed by atoms with Crippen molar-refractivity contribution in [3.63, 3.8) is 0 Å². The molecule has 0 saturated heterocycles. The quantitative estimate of drug-likeness (QED) is 0.464. The van der Waals surface area contributed by atoms with E-state index < -0.39 is 5.97 Å². The van der Waals surface area contributed by atoms with Crippen molar-refractivity contribution < 1.29 is 14.3 Å². The molecule has 0 aliphatic heterocycles. The minimum Gasteiger partial charge on any atom is -0.460 e. The number of aromatic nitrogens is 1. The van der Waals surface area contributed by atoms with Gasteiger partial charge in [-0.15, -0.1) is 0 Å². The largest absolute Gasteiger partial charge is 0.460 e. The maximum atomic E-state index is 11.6. The summed E-state index contributed by atoms with van der Waals surface area (Å²) in [4.78, 5) is 27.2. The molecule has 0 saturated carbocycles. The van der Waals surface area contributed by atoms with Gasteiger partial charge in [0.2, 0.25) is 0 Å². The second kappa shape index (κ2) is 7.75. The molecule has 106 valence electrons. The Balaban J connectivity index is 1.77. The zero-order valence-electron chi connectivity index (χ0n) is 11.4. The van der Waals surface area contributed by atoms with E-state index in [1.54, 1.807) is 24.4 Å². The van der Waals surface area contributed by atoms with E-state index in [4.69, 9.17) is 4.74 Å². The number of nitrogens with zero attached hydrogens (tertiary/aromatic N) is 1. The number of hydrogen-bond acceptors (Lipinski definition) is 4. The lowest BCUT2D eigenvalue weighted by Crippen LogP contribution is -2.09. The van der Waals surface area contributed by atoms with Gasteiger partial charge in [0.1, 0.15) is 13.0 Å². The average Bonchev–Trinajstić information content (AvgIpc) is 2.53. The summed E-state index contributed by atoms with van der Waals surface area (Å²) in [5.74, 6) is -0.840. The molecule has 0 fully saturated rings. The van der Waals surface area contributed by atoms with E-state index in [0.29, 0.717) is 5.69 Å². The van der Waals surface area contributed by atoms with Gasteiger partial charge >= 0.3 is 5.97 Å². The van der Waals surface area contributed by atoms with Gasteiger partial charge in [0.25, 0.3) is 0 Å². The number of pyridine rings is 1. The van der Waals surface area contributed by atoms with Crippen LogP contribution in [-0.2, 0) is 20.9 Å². The number of ketones is 1. The molecule has 0 atom stereocenters. The first-order valence-electron chi connectivity index (χ1n) is 6.55. The van der Waals surface area contributed by atoms with E-state index in [9.17, 15) is 9.59 Å². The molecule has 0 unspecified atom stereocenters. The van der Waals surface area contributed by atoms with Gasteiger partial charge in [-0.05, 0) is 29.8 Å². The van der Waals surface area contributed by atoms with Crippen LogP contribution in [0.3, 0.4) is 0 Å². The summed E-state index contributed by atoms with van der Waals surface area (Å²) < 4.78 is 5.04. The lowest BCUT2D eigenvalue weighted by Gasteiger charge is -2.03. The molecule has 4 heteroatoms. The fourth-order valence-corrected chi connectivity index (χ4v) is 1.64. The van der Waals surface area contributed by atoms with Gasteiger partial charge in [-0.2, -0.15) is 0 Å². The molecule has 2 aromatic rings. The molecule has 0 spiro atoms. The van der Waals surface area contributed by atoms with Gasteiger partial charge in [-0.3, -0.25) is 14.6 Å². The fourth-order valence-electron chi connectivity index (χ4n) is 1.64. The number of rotatable bonds is 6. The van der Waals surface area contributed by atoms with Crippen LogP contribution in [0.25, 0.3) is 6.08 Å². The Kier molecular flexibility index (Phi) is 5.41. The molecule has 0 bridgehead atoms. The summed E-state index contributed by atoms with van der Waals surface area (Å²) in [5, 5.41) is 0. The molecule has 1 heterocycles. The number of carbonyl (C=O) groups excluding carboxylic acids is 2. The molecular weight excluding hydrogens is 266 g/mol. The van der Waals surface area contributed by atoms with E-state index in [1.807, 2.05) is 36.4 Å². The average molecular weight is 281 g/mol. The molecule has 1 aromatic heterocycles. The molecule has 21 heavy (non-hydrogen) atoms. The van der Waals surface area contributed by atoms with Crippen LogP contribution < -0.4 is 0 Å². The second-order valence-electron chi connectivity index (χ2n) is 4.38. The van der Waals surface area contributed by atoms with Crippen LogP contribution >= 0.6 is 0 Å². The van der Waals surface area contributed by atoms with Crippen molar-refractivity contribution in [1.29, 1.82) is 0 Å². The monoisotopic (exact) mass is 281 g/mol. The number of ether oxygens (including phenoxy) is 1. The molecular formula is C17H15NO3. The van der Waals surface area contributed by atoms with Gasteiger partial charge in [-0.25, -0.2) is 0 Å². The molecule has 4 nitrogen and oxygen atoms in total. The maximum Gasteiger partial charge on any atom is 0.314 e. The SMILES string of the molecule is O=C(C=Cc1ccccn1)CC(=O)OCc1ccccc1. The van der Waals surface area contributed by atoms with Crippen molar-refractivity contribution in [2.45, 2.75) is 13.0 Å². The summed E-state index contributed by atoms with van der Waals surface area (Å²) in [5.41, 5.74) is 1.56. The summed E-state index contributed by atoms with van der Waals surface area (Å²) >= 11 is 0. The maximum absolute atomic E-state index is 11.6. The summed E-state index contributed by atoms with van der Waals surface area (Å²) in [7, 11) is 0. The topological polar surface area (TPSA) is 56.3 Å². The Morgan fingerprint density at radius 3 is 2.52 bits per heavy atom. The predicted octanol–water partition coefficient (Wildman–Crippen LogP) is 2.80. The van der Waals surface area contributed by atoms with Crippen molar-refractivity contribution >= 4 is 17.8 Å². The van der Waals surface area contributed by atoms with Gasteiger partial charge in [0.05, 0.1) is 5.69 Å². The lowest BCUT2D eigenvalue weighted by molar-refractivity contribution is -0.146. The van der Waals surface area contributed by atoms with Crippen molar-refractivity contribution in [3.05, 3.63) is 72.1 Å².